The second-order valence-corrected chi connectivity index (χ2v) is 8.95. The number of hydrogen-bond acceptors (Lipinski definition) is 0. The van der Waals surface area contributed by atoms with E-state index in [-0.39, 0.29) is 0 Å². The number of likely N-dealkylation sites (tertiary alicyclic amines) is 1. The van der Waals surface area contributed by atoms with Gasteiger partial charge in [-0.3, -0.25) is 0 Å². The highest BCUT2D eigenvalue weighted by Crippen LogP contribution is 2.15. The lowest BCUT2D eigenvalue weighted by atomic mass is 9.93. The first kappa shape index (κ1) is 18.2. The second kappa shape index (κ2) is 9.16. The predicted octanol–water partition coefficient (Wildman–Crippen LogP) is -0.626. The molecule has 2 fully saturated rings. The topological polar surface area (TPSA) is 13.3 Å². The molecule has 3 N–H and O–H groups in total. The number of nitrogens with one attached hydrogen (secondary N) is 3. The highest BCUT2D eigenvalue weighted by molar-refractivity contribution is 5.13. The molecule has 3 aliphatic rings. The Hall–Kier alpha value is -1.16. The van der Waals surface area contributed by atoms with Crippen molar-refractivity contribution < 1.29 is 14.7 Å². The van der Waals surface area contributed by atoms with Crippen molar-refractivity contribution in [1.29, 1.82) is 0 Å². The van der Waals surface area contributed by atoms with Crippen LogP contribution in [-0.4, -0.2) is 51.9 Å². The molecule has 0 aromatic heterocycles. The van der Waals surface area contributed by atoms with Gasteiger partial charge in [-0.05, 0) is 19.3 Å². The lowest BCUT2D eigenvalue weighted by Gasteiger charge is -2.38. The van der Waals surface area contributed by atoms with Crippen molar-refractivity contribution in [3.05, 3.63) is 48.0 Å². The van der Waals surface area contributed by atoms with Crippen LogP contribution in [0.15, 0.2) is 42.5 Å². The molecule has 142 valence electrons. The summed E-state index contributed by atoms with van der Waals surface area (Å²) in [5.41, 5.74) is 1.50. The average Bonchev–Trinajstić information content (AvgIpc) is 2.71. The Morgan fingerprint density at radius 2 is 1.54 bits per heavy atom. The van der Waals surface area contributed by atoms with E-state index in [2.05, 4.69) is 42.5 Å². The van der Waals surface area contributed by atoms with E-state index in [0.717, 1.165) is 12.0 Å². The molecule has 0 bridgehead atoms. The maximum Gasteiger partial charge on any atom is 0.127 e. The van der Waals surface area contributed by atoms with Gasteiger partial charge in [0.25, 0.3) is 0 Å². The molecule has 1 atom stereocenters. The van der Waals surface area contributed by atoms with Crippen LogP contribution in [-0.2, 0) is 6.54 Å². The lowest BCUT2D eigenvalue weighted by molar-refractivity contribution is -1.03. The van der Waals surface area contributed by atoms with Crippen molar-refractivity contribution in [3.63, 3.8) is 0 Å². The van der Waals surface area contributed by atoms with Crippen molar-refractivity contribution in [2.75, 3.05) is 45.8 Å². The standard InChI is InChI=1S/C23H35N3/c1-3-7-21(8-4-1)19-24-13-11-23(12-14-24)26-17-15-25(16-18-26)20-22-9-5-2-6-10-22/h1-5,7-8,22-23H,6,9-20H2/p+3/t22-/m1/s1. The Bertz CT molecular complexity index is 554. The summed E-state index contributed by atoms with van der Waals surface area (Å²) in [6, 6.07) is 12.0. The van der Waals surface area contributed by atoms with E-state index in [9.17, 15) is 0 Å². The van der Waals surface area contributed by atoms with Crippen LogP contribution in [0.1, 0.15) is 37.7 Å². The summed E-state index contributed by atoms with van der Waals surface area (Å²) >= 11 is 0. The van der Waals surface area contributed by atoms with Crippen LogP contribution in [0.5, 0.6) is 0 Å². The molecule has 2 saturated heterocycles. The minimum atomic E-state index is 0.939. The molecule has 1 aliphatic carbocycles. The number of rotatable bonds is 5. The third kappa shape index (κ3) is 4.97. The Kier molecular flexibility index (Phi) is 6.42. The SMILES string of the molecule is C1=CC[C@@H](C[NH+]2CC[NH+](C3CC[NH+](Cc4ccccc4)CC3)CC2)CC1. The molecule has 1 aromatic carbocycles. The van der Waals surface area contributed by atoms with E-state index < -0.39 is 0 Å². The average molecular weight is 357 g/mol. The van der Waals surface area contributed by atoms with Gasteiger partial charge >= 0.3 is 0 Å². The van der Waals surface area contributed by atoms with Crippen molar-refractivity contribution in [2.45, 2.75) is 44.7 Å². The van der Waals surface area contributed by atoms with Gasteiger partial charge in [0, 0.05) is 24.3 Å². The molecule has 0 amide bonds. The Morgan fingerprint density at radius 1 is 0.769 bits per heavy atom. The highest BCUT2D eigenvalue weighted by atomic mass is 15.3. The van der Waals surface area contributed by atoms with Gasteiger partial charge in [0.2, 0.25) is 0 Å². The molecule has 0 radical (unpaired) electrons. The van der Waals surface area contributed by atoms with Crippen LogP contribution in [0.2, 0.25) is 0 Å². The van der Waals surface area contributed by atoms with Gasteiger partial charge < -0.3 is 14.7 Å². The largest absolute Gasteiger partial charge is 0.331 e. The third-order valence-corrected chi connectivity index (χ3v) is 7.12. The van der Waals surface area contributed by atoms with E-state index in [1.165, 1.54) is 90.0 Å². The number of benzene rings is 1. The maximum atomic E-state index is 2.42. The van der Waals surface area contributed by atoms with E-state index >= 15 is 0 Å². The number of hydrogen-bond donors (Lipinski definition) is 3. The van der Waals surface area contributed by atoms with E-state index in [4.69, 9.17) is 0 Å². The van der Waals surface area contributed by atoms with Gasteiger partial charge in [0.15, 0.2) is 0 Å². The molecule has 3 nitrogen and oxygen atoms in total. The Morgan fingerprint density at radius 3 is 2.23 bits per heavy atom. The van der Waals surface area contributed by atoms with Gasteiger partial charge in [-0.2, -0.15) is 0 Å². The zero-order valence-corrected chi connectivity index (χ0v) is 16.4. The summed E-state index contributed by atoms with van der Waals surface area (Å²) in [7, 11) is 0. The predicted molar refractivity (Wildman–Crippen MR) is 107 cm³/mol. The van der Waals surface area contributed by atoms with Gasteiger partial charge in [-0.25, -0.2) is 0 Å². The van der Waals surface area contributed by atoms with E-state index in [1.54, 1.807) is 4.90 Å². The van der Waals surface area contributed by atoms with Crippen molar-refractivity contribution in [3.8, 4) is 0 Å². The Labute approximate surface area is 159 Å². The smallest absolute Gasteiger partial charge is 0.127 e. The van der Waals surface area contributed by atoms with Crippen LogP contribution in [0.25, 0.3) is 0 Å². The summed E-state index contributed by atoms with van der Waals surface area (Å²) in [5, 5.41) is 0. The summed E-state index contributed by atoms with van der Waals surface area (Å²) < 4.78 is 0. The third-order valence-electron chi connectivity index (χ3n) is 7.12. The first-order chi connectivity index (χ1) is 12.9. The van der Waals surface area contributed by atoms with Crippen molar-refractivity contribution in [1.82, 2.24) is 0 Å². The van der Waals surface area contributed by atoms with Crippen LogP contribution in [0.4, 0.5) is 0 Å². The molecular formula is C23H38N3+3. The van der Waals surface area contributed by atoms with Crippen LogP contribution < -0.4 is 14.7 Å². The molecule has 0 spiro atoms. The zero-order chi connectivity index (χ0) is 17.6. The van der Waals surface area contributed by atoms with Gasteiger partial charge in [-0.15, -0.1) is 0 Å². The minimum Gasteiger partial charge on any atom is -0.331 e. The first-order valence-electron chi connectivity index (χ1n) is 11.1. The quantitative estimate of drug-likeness (QED) is 0.582. The molecular weight excluding hydrogens is 318 g/mol. The molecule has 2 heterocycles. The van der Waals surface area contributed by atoms with Crippen LogP contribution >= 0.6 is 0 Å². The molecule has 4 rings (SSSR count). The van der Waals surface area contributed by atoms with Gasteiger partial charge in [0.1, 0.15) is 32.7 Å². The van der Waals surface area contributed by atoms with Gasteiger partial charge in [-0.1, -0.05) is 42.5 Å². The van der Waals surface area contributed by atoms with E-state index in [0.29, 0.717) is 0 Å². The number of allylic oxidation sites excluding steroid dienone is 2. The maximum absolute atomic E-state index is 2.42. The monoisotopic (exact) mass is 356 g/mol. The van der Waals surface area contributed by atoms with Crippen LogP contribution in [0, 0.1) is 5.92 Å². The fourth-order valence-corrected chi connectivity index (χ4v) is 5.48. The Balaban J connectivity index is 1.17. The van der Waals surface area contributed by atoms with Gasteiger partial charge in [0.05, 0.1) is 25.7 Å². The van der Waals surface area contributed by atoms with Crippen molar-refractivity contribution in [2.24, 2.45) is 5.92 Å². The number of piperidine rings is 1. The zero-order valence-electron chi connectivity index (χ0n) is 16.4. The first-order valence-corrected chi connectivity index (χ1v) is 11.1. The normalized spacial score (nSPS) is 35.3. The fourth-order valence-electron chi connectivity index (χ4n) is 5.48. The number of piperazine rings is 1. The summed E-state index contributed by atoms with van der Waals surface area (Å²) in [6.45, 7) is 11.0. The van der Waals surface area contributed by atoms with Crippen molar-refractivity contribution >= 4 is 0 Å². The summed E-state index contributed by atoms with van der Waals surface area (Å²) in [5.74, 6) is 0.960. The second-order valence-electron chi connectivity index (χ2n) is 8.95. The molecule has 1 aromatic rings. The van der Waals surface area contributed by atoms with E-state index in [1.807, 2.05) is 9.80 Å². The molecule has 0 saturated carbocycles. The highest BCUT2D eigenvalue weighted by Gasteiger charge is 2.34. The minimum absolute atomic E-state index is 0.939. The molecule has 3 heteroatoms. The molecule has 0 unspecified atom stereocenters. The fraction of sp³-hybridized carbons (Fsp3) is 0.652. The summed E-state index contributed by atoms with van der Waals surface area (Å²) in [6.07, 6.45) is 11.7. The summed E-state index contributed by atoms with van der Waals surface area (Å²) in [4.78, 5) is 5.61. The lowest BCUT2D eigenvalue weighted by Crippen LogP contribution is -3.30. The van der Waals surface area contributed by atoms with Crippen LogP contribution in [0.3, 0.4) is 0 Å². The molecule has 26 heavy (non-hydrogen) atoms. The number of quaternary nitrogens is 3. The molecule has 2 aliphatic heterocycles.